The van der Waals surface area contributed by atoms with Crippen molar-refractivity contribution in [3.63, 3.8) is 0 Å². The summed E-state index contributed by atoms with van der Waals surface area (Å²) in [5.41, 5.74) is 0.865. The first kappa shape index (κ1) is 10.6. The van der Waals surface area contributed by atoms with Crippen molar-refractivity contribution in [1.29, 1.82) is 0 Å². The van der Waals surface area contributed by atoms with Crippen LogP contribution in [-0.2, 0) is 0 Å². The van der Waals surface area contributed by atoms with Gasteiger partial charge >= 0.3 is 0 Å². The molecule has 2 heterocycles. The van der Waals surface area contributed by atoms with E-state index in [0.29, 0.717) is 6.54 Å². The Bertz CT molecular complexity index is 480. The summed E-state index contributed by atoms with van der Waals surface area (Å²) in [4.78, 5) is 0. The van der Waals surface area contributed by atoms with Gasteiger partial charge in [-0.2, -0.15) is 0 Å². The molecule has 0 spiro atoms. The van der Waals surface area contributed by atoms with Crippen LogP contribution in [-0.4, -0.2) is 11.1 Å². The third-order valence-electron chi connectivity index (χ3n) is 3.60. The Morgan fingerprint density at radius 3 is 2.47 bits per heavy atom. The van der Waals surface area contributed by atoms with Crippen LogP contribution in [0.3, 0.4) is 0 Å². The van der Waals surface area contributed by atoms with Gasteiger partial charge in [-0.3, -0.25) is 0 Å². The lowest BCUT2D eigenvalue weighted by Crippen LogP contribution is -2.44. The molecule has 2 unspecified atom stereocenters. The first-order valence-electron chi connectivity index (χ1n) is 6.07. The van der Waals surface area contributed by atoms with E-state index < -0.39 is 0 Å². The van der Waals surface area contributed by atoms with Crippen LogP contribution in [0.5, 0.6) is 0 Å². The Kier molecular flexibility index (Phi) is 2.50. The van der Waals surface area contributed by atoms with E-state index in [4.69, 9.17) is 0 Å². The summed E-state index contributed by atoms with van der Waals surface area (Å²) >= 11 is 0. The molecule has 3 nitrogen and oxygen atoms in total. The van der Waals surface area contributed by atoms with Gasteiger partial charge in [0.1, 0.15) is 5.69 Å². The highest BCUT2D eigenvalue weighted by atomic mass is 16.6. The predicted molar refractivity (Wildman–Crippen MR) is 69.2 cm³/mol. The first-order valence-corrected chi connectivity index (χ1v) is 6.07. The van der Waals surface area contributed by atoms with Crippen LogP contribution >= 0.6 is 0 Å². The Morgan fingerprint density at radius 1 is 1.06 bits per heavy atom. The number of aromatic nitrogens is 1. The molecule has 0 radical (unpaired) electrons. The summed E-state index contributed by atoms with van der Waals surface area (Å²) in [6.45, 7) is 0.673. The third-order valence-corrected chi connectivity index (χ3v) is 3.60. The summed E-state index contributed by atoms with van der Waals surface area (Å²) in [5, 5.41) is 13.0. The van der Waals surface area contributed by atoms with Gasteiger partial charge in [-0.1, -0.05) is 18.2 Å². The van der Waals surface area contributed by atoms with E-state index in [0.717, 1.165) is 18.5 Å². The Balaban J connectivity index is 2.01. The molecular formula is C14H16N2O. The van der Waals surface area contributed by atoms with Crippen molar-refractivity contribution in [1.82, 2.24) is 9.21 Å². The number of para-hydroxylation sites is 1. The number of quaternary nitrogens is 1. The molecule has 0 amide bonds. The smallest absolute Gasteiger partial charge is 0.172 e. The van der Waals surface area contributed by atoms with E-state index in [2.05, 4.69) is 0 Å². The molecule has 1 aromatic heterocycles. The fraction of sp³-hybridized carbons (Fsp3) is 0.286. The minimum Gasteiger partial charge on any atom is -0.626 e. The van der Waals surface area contributed by atoms with E-state index in [1.54, 1.807) is 0 Å². The van der Waals surface area contributed by atoms with Crippen molar-refractivity contribution in [3.05, 3.63) is 60.1 Å². The van der Waals surface area contributed by atoms with Crippen LogP contribution in [0.1, 0.15) is 19.0 Å². The molecule has 17 heavy (non-hydrogen) atoms. The van der Waals surface area contributed by atoms with Crippen molar-refractivity contribution in [3.8, 4) is 0 Å². The van der Waals surface area contributed by atoms with Crippen LogP contribution in [0.15, 0.2) is 54.9 Å². The van der Waals surface area contributed by atoms with E-state index in [1.807, 2.05) is 59.4 Å². The summed E-state index contributed by atoms with van der Waals surface area (Å²) in [5.74, 6) is 0. The number of hydroxylamine groups is 2. The van der Waals surface area contributed by atoms with Gasteiger partial charge in [-0.25, -0.2) is 0 Å². The summed E-state index contributed by atoms with van der Waals surface area (Å²) in [6.07, 6.45) is 5.91. The second kappa shape index (κ2) is 4.02. The third kappa shape index (κ3) is 1.68. The molecule has 0 N–H and O–H groups in total. The molecule has 1 aliphatic rings. The van der Waals surface area contributed by atoms with Gasteiger partial charge in [0.15, 0.2) is 6.17 Å². The lowest BCUT2D eigenvalue weighted by Gasteiger charge is -2.43. The molecule has 1 aromatic carbocycles. The molecule has 3 heteroatoms. The second-order valence-electron chi connectivity index (χ2n) is 4.61. The van der Waals surface area contributed by atoms with Crippen molar-refractivity contribution in [2.24, 2.45) is 0 Å². The topological polar surface area (TPSA) is 28.0 Å². The molecule has 1 fully saturated rings. The van der Waals surface area contributed by atoms with Crippen molar-refractivity contribution in [2.75, 3.05) is 6.54 Å². The van der Waals surface area contributed by atoms with Gasteiger partial charge in [-0.15, -0.1) is 0 Å². The van der Waals surface area contributed by atoms with Crippen LogP contribution in [0.4, 0.5) is 5.69 Å². The fourth-order valence-electron chi connectivity index (χ4n) is 2.76. The molecule has 0 bridgehead atoms. The SMILES string of the molecule is [O-][N+]1(c2ccccc2)CCCC1n1cccc1. The number of hydrogen-bond donors (Lipinski definition) is 0. The lowest BCUT2D eigenvalue weighted by atomic mass is 10.2. The number of rotatable bonds is 2. The number of nitrogens with zero attached hydrogens (tertiary/aromatic N) is 2. The van der Waals surface area contributed by atoms with Crippen LogP contribution < -0.4 is 4.65 Å². The van der Waals surface area contributed by atoms with Gasteiger partial charge in [-0.05, 0) is 24.3 Å². The monoisotopic (exact) mass is 228 g/mol. The fourth-order valence-corrected chi connectivity index (χ4v) is 2.76. The zero-order chi connectivity index (χ0) is 11.7. The zero-order valence-corrected chi connectivity index (χ0v) is 9.70. The highest BCUT2D eigenvalue weighted by Gasteiger charge is 2.37. The van der Waals surface area contributed by atoms with Gasteiger partial charge in [0.05, 0.1) is 6.54 Å². The molecule has 2 atom stereocenters. The van der Waals surface area contributed by atoms with Crippen molar-refractivity contribution in [2.45, 2.75) is 19.0 Å². The Hall–Kier alpha value is -1.58. The van der Waals surface area contributed by atoms with E-state index in [9.17, 15) is 5.21 Å². The van der Waals surface area contributed by atoms with Gasteiger partial charge in [0.2, 0.25) is 0 Å². The molecule has 0 aliphatic carbocycles. The molecule has 1 aliphatic heterocycles. The van der Waals surface area contributed by atoms with E-state index >= 15 is 0 Å². The van der Waals surface area contributed by atoms with Crippen molar-refractivity contribution >= 4 is 5.69 Å². The second-order valence-corrected chi connectivity index (χ2v) is 4.61. The largest absolute Gasteiger partial charge is 0.626 e. The number of benzene rings is 1. The maximum absolute atomic E-state index is 13.0. The zero-order valence-electron chi connectivity index (χ0n) is 9.70. The van der Waals surface area contributed by atoms with Gasteiger partial charge in [0, 0.05) is 25.2 Å². The molecule has 88 valence electrons. The molecule has 3 rings (SSSR count). The first-order chi connectivity index (χ1) is 8.31. The molecule has 1 saturated heterocycles. The van der Waals surface area contributed by atoms with Crippen LogP contribution in [0, 0.1) is 5.21 Å². The average molecular weight is 228 g/mol. The number of hydrogen-bond acceptors (Lipinski definition) is 1. The van der Waals surface area contributed by atoms with E-state index in [1.165, 1.54) is 0 Å². The highest BCUT2D eigenvalue weighted by Crippen LogP contribution is 2.39. The quantitative estimate of drug-likeness (QED) is 0.572. The minimum atomic E-state index is -0.227. The predicted octanol–water partition coefficient (Wildman–Crippen LogP) is 3.29. The molecular weight excluding hydrogens is 212 g/mol. The van der Waals surface area contributed by atoms with Crippen LogP contribution in [0.25, 0.3) is 0 Å². The summed E-state index contributed by atoms with van der Waals surface area (Å²) in [6, 6.07) is 13.7. The Morgan fingerprint density at radius 2 is 1.76 bits per heavy atom. The van der Waals surface area contributed by atoms with Gasteiger partial charge < -0.3 is 14.4 Å². The van der Waals surface area contributed by atoms with Gasteiger partial charge in [0.25, 0.3) is 0 Å². The van der Waals surface area contributed by atoms with Crippen molar-refractivity contribution < 1.29 is 0 Å². The maximum Gasteiger partial charge on any atom is 0.172 e. The highest BCUT2D eigenvalue weighted by molar-refractivity contribution is 5.44. The maximum atomic E-state index is 13.0. The minimum absolute atomic E-state index is 0.00704. The lowest BCUT2D eigenvalue weighted by molar-refractivity contribution is 0.269. The van der Waals surface area contributed by atoms with E-state index in [-0.39, 0.29) is 10.8 Å². The standard InChI is InChI=1S/C14H16N2O/c17-16(13-7-2-1-3-8-13)12-6-9-14(16)15-10-4-5-11-15/h1-5,7-8,10-11,14H,6,9,12H2. The Labute approximate surface area is 101 Å². The summed E-state index contributed by atoms with van der Waals surface area (Å²) < 4.78 is 1.82. The molecule has 2 aromatic rings. The average Bonchev–Trinajstić information content (AvgIpc) is 2.99. The normalized spacial score (nSPS) is 28.4. The summed E-state index contributed by atoms with van der Waals surface area (Å²) in [7, 11) is 0. The molecule has 0 saturated carbocycles. The van der Waals surface area contributed by atoms with Crippen LogP contribution in [0.2, 0.25) is 0 Å².